The van der Waals surface area contributed by atoms with Gasteiger partial charge in [-0.25, -0.2) is 4.98 Å². The second kappa shape index (κ2) is 4.94. The molecular formula is C13H9N2O. The van der Waals surface area contributed by atoms with Crippen molar-refractivity contribution in [2.45, 2.75) is 6.61 Å². The molecule has 0 spiro atoms. The lowest BCUT2D eigenvalue weighted by molar-refractivity contribution is 0.304. The monoisotopic (exact) mass is 209 g/mol. The minimum absolute atomic E-state index is 0.262. The highest BCUT2D eigenvalue weighted by molar-refractivity contribution is 5.36. The van der Waals surface area contributed by atoms with Crippen LogP contribution in [0.5, 0.6) is 5.75 Å². The molecule has 2 aromatic rings. The summed E-state index contributed by atoms with van der Waals surface area (Å²) in [5.74, 6) is 0.491. The maximum Gasteiger partial charge on any atom is 0.183 e. The zero-order chi connectivity index (χ0) is 11.2. The molecule has 1 aromatic carbocycles. The van der Waals surface area contributed by atoms with E-state index in [1.165, 1.54) is 0 Å². The molecule has 0 fully saturated rings. The Labute approximate surface area is 93.9 Å². The predicted octanol–water partition coefficient (Wildman–Crippen LogP) is 2.33. The summed E-state index contributed by atoms with van der Waals surface area (Å²) in [6, 6.07) is 15.1. The third kappa shape index (κ3) is 2.37. The van der Waals surface area contributed by atoms with Crippen molar-refractivity contribution in [3.05, 3.63) is 59.9 Å². The van der Waals surface area contributed by atoms with Gasteiger partial charge in [-0.1, -0.05) is 30.3 Å². The molecule has 0 aliphatic carbocycles. The van der Waals surface area contributed by atoms with Crippen molar-refractivity contribution in [3.63, 3.8) is 0 Å². The van der Waals surface area contributed by atoms with E-state index < -0.39 is 0 Å². The van der Waals surface area contributed by atoms with Gasteiger partial charge in [-0.05, 0) is 17.7 Å². The van der Waals surface area contributed by atoms with Crippen molar-refractivity contribution in [1.29, 1.82) is 5.26 Å². The van der Waals surface area contributed by atoms with Gasteiger partial charge in [0.2, 0.25) is 0 Å². The Hall–Kier alpha value is -2.34. The van der Waals surface area contributed by atoms with E-state index in [2.05, 4.69) is 11.2 Å². The summed E-state index contributed by atoms with van der Waals surface area (Å²) in [4.78, 5) is 3.80. The topological polar surface area (TPSA) is 45.9 Å². The van der Waals surface area contributed by atoms with Crippen LogP contribution in [0.15, 0.2) is 42.5 Å². The predicted molar refractivity (Wildman–Crippen MR) is 58.6 cm³/mol. The fourth-order valence-corrected chi connectivity index (χ4v) is 1.28. The lowest BCUT2D eigenvalue weighted by Crippen LogP contribution is -1.98. The second-order valence-corrected chi connectivity index (χ2v) is 3.17. The van der Waals surface area contributed by atoms with Crippen LogP contribution in [0.4, 0.5) is 0 Å². The summed E-state index contributed by atoms with van der Waals surface area (Å²) in [7, 11) is 0. The van der Waals surface area contributed by atoms with Crippen LogP contribution in [0.25, 0.3) is 0 Å². The van der Waals surface area contributed by atoms with Crippen LogP contribution in [-0.2, 0) is 6.61 Å². The van der Waals surface area contributed by atoms with Crippen molar-refractivity contribution in [1.82, 2.24) is 4.98 Å². The highest BCUT2D eigenvalue weighted by Gasteiger charge is 2.03. The van der Waals surface area contributed by atoms with Gasteiger partial charge in [0.1, 0.15) is 12.7 Å². The maximum absolute atomic E-state index is 8.80. The Balaban J connectivity index is 2.09. The number of pyridine rings is 1. The molecule has 3 nitrogen and oxygen atoms in total. The van der Waals surface area contributed by atoms with Crippen LogP contribution in [0.2, 0.25) is 0 Å². The van der Waals surface area contributed by atoms with Crippen LogP contribution in [0.1, 0.15) is 11.3 Å². The van der Waals surface area contributed by atoms with E-state index in [1.54, 1.807) is 12.1 Å². The zero-order valence-corrected chi connectivity index (χ0v) is 8.55. The number of benzene rings is 1. The van der Waals surface area contributed by atoms with Crippen molar-refractivity contribution < 1.29 is 4.74 Å². The third-order valence-corrected chi connectivity index (χ3v) is 2.06. The number of nitriles is 1. The molecule has 0 atom stereocenters. The molecular weight excluding hydrogens is 200 g/mol. The molecule has 1 radical (unpaired) electrons. The quantitative estimate of drug-likeness (QED) is 0.779. The number of hydrogen-bond donors (Lipinski definition) is 0. The SMILES string of the molecule is N#Cc1n[c]ccc1OCc1ccccc1. The maximum atomic E-state index is 8.80. The van der Waals surface area contributed by atoms with Crippen LogP contribution >= 0.6 is 0 Å². The first-order valence-electron chi connectivity index (χ1n) is 4.84. The standard InChI is InChI=1S/C13H9N2O/c14-9-12-13(7-4-8-15-12)16-10-11-5-2-1-3-6-11/h1-7H,10H2. The van der Waals surface area contributed by atoms with Crippen LogP contribution < -0.4 is 4.74 Å². The van der Waals surface area contributed by atoms with Gasteiger partial charge in [0.15, 0.2) is 11.4 Å². The van der Waals surface area contributed by atoms with Gasteiger partial charge in [0, 0.05) is 0 Å². The van der Waals surface area contributed by atoms with Crippen LogP contribution in [0, 0.1) is 17.5 Å². The molecule has 1 aromatic heterocycles. The molecule has 0 saturated heterocycles. The smallest absolute Gasteiger partial charge is 0.183 e. The lowest BCUT2D eigenvalue weighted by atomic mass is 10.2. The summed E-state index contributed by atoms with van der Waals surface area (Å²) < 4.78 is 5.51. The summed E-state index contributed by atoms with van der Waals surface area (Å²) >= 11 is 0. The Morgan fingerprint density at radius 2 is 2.06 bits per heavy atom. The molecule has 0 aliphatic rings. The summed E-state index contributed by atoms with van der Waals surface area (Å²) in [5.41, 5.74) is 1.32. The molecule has 0 N–H and O–H groups in total. The molecule has 0 saturated carbocycles. The van der Waals surface area contributed by atoms with Crippen molar-refractivity contribution >= 4 is 0 Å². The Kier molecular flexibility index (Phi) is 3.15. The Bertz CT molecular complexity index is 503. The van der Waals surface area contributed by atoms with E-state index in [0.29, 0.717) is 12.4 Å². The van der Waals surface area contributed by atoms with Crippen molar-refractivity contribution in [2.75, 3.05) is 0 Å². The molecule has 16 heavy (non-hydrogen) atoms. The fourth-order valence-electron chi connectivity index (χ4n) is 1.28. The van der Waals surface area contributed by atoms with Crippen molar-refractivity contribution in [3.8, 4) is 11.8 Å². The van der Waals surface area contributed by atoms with E-state index >= 15 is 0 Å². The Morgan fingerprint density at radius 3 is 2.81 bits per heavy atom. The number of ether oxygens (including phenoxy) is 1. The average molecular weight is 209 g/mol. The highest BCUT2D eigenvalue weighted by Crippen LogP contribution is 2.15. The van der Waals surface area contributed by atoms with Gasteiger partial charge in [-0.15, -0.1) is 0 Å². The van der Waals surface area contributed by atoms with Crippen molar-refractivity contribution in [2.24, 2.45) is 0 Å². The fraction of sp³-hybridized carbons (Fsp3) is 0.0769. The van der Waals surface area contributed by atoms with E-state index in [0.717, 1.165) is 5.56 Å². The first-order valence-corrected chi connectivity index (χ1v) is 4.84. The first kappa shape index (κ1) is 10.2. The molecule has 3 heteroatoms. The number of rotatable bonds is 3. The third-order valence-electron chi connectivity index (χ3n) is 2.06. The van der Waals surface area contributed by atoms with Crippen LogP contribution in [-0.4, -0.2) is 4.98 Å². The van der Waals surface area contributed by atoms with Gasteiger partial charge in [-0.3, -0.25) is 0 Å². The van der Waals surface area contributed by atoms with Gasteiger partial charge in [-0.2, -0.15) is 5.26 Å². The minimum Gasteiger partial charge on any atom is -0.486 e. The van der Waals surface area contributed by atoms with E-state index in [-0.39, 0.29) is 5.69 Å². The molecule has 0 aliphatic heterocycles. The molecule has 0 unspecified atom stereocenters. The van der Waals surface area contributed by atoms with Gasteiger partial charge in [0.25, 0.3) is 0 Å². The highest BCUT2D eigenvalue weighted by atomic mass is 16.5. The lowest BCUT2D eigenvalue weighted by Gasteiger charge is -2.06. The van der Waals surface area contributed by atoms with Gasteiger partial charge >= 0.3 is 0 Å². The Morgan fingerprint density at radius 1 is 1.25 bits per heavy atom. The molecule has 77 valence electrons. The minimum atomic E-state index is 0.262. The second-order valence-electron chi connectivity index (χ2n) is 3.17. The molecule has 2 rings (SSSR count). The molecule has 0 amide bonds. The van der Waals surface area contributed by atoms with E-state index in [9.17, 15) is 0 Å². The molecule has 1 heterocycles. The summed E-state index contributed by atoms with van der Waals surface area (Å²) in [6.45, 7) is 0.432. The normalized spacial score (nSPS) is 9.44. The number of aromatic nitrogens is 1. The van der Waals surface area contributed by atoms with Gasteiger partial charge in [0.05, 0.1) is 6.20 Å². The van der Waals surface area contributed by atoms with E-state index in [1.807, 2.05) is 36.4 Å². The van der Waals surface area contributed by atoms with E-state index in [4.69, 9.17) is 10.00 Å². The number of hydrogen-bond acceptors (Lipinski definition) is 3. The zero-order valence-electron chi connectivity index (χ0n) is 8.55. The summed E-state index contributed by atoms with van der Waals surface area (Å²) in [6.07, 6.45) is 2.60. The molecule has 0 bridgehead atoms. The number of nitrogens with zero attached hydrogens (tertiary/aromatic N) is 2. The largest absolute Gasteiger partial charge is 0.486 e. The average Bonchev–Trinajstić information content (AvgIpc) is 2.38. The van der Waals surface area contributed by atoms with Gasteiger partial charge < -0.3 is 4.74 Å². The summed E-state index contributed by atoms with van der Waals surface area (Å²) in [5, 5.41) is 8.80. The van der Waals surface area contributed by atoms with Crippen LogP contribution in [0.3, 0.4) is 0 Å². The first-order chi connectivity index (χ1) is 7.90.